The molecule has 1 aromatic heterocycles. The molecule has 3 aromatic rings. The first-order valence-electron chi connectivity index (χ1n) is 11.5. The Bertz CT molecular complexity index is 1550. The number of ether oxygens (including phenoxy) is 3. The Kier molecular flexibility index (Phi) is 8.04. The second-order valence-corrected chi connectivity index (χ2v) is 8.15. The molecule has 3 amide bonds. The van der Waals surface area contributed by atoms with Gasteiger partial charge in [0.1, 0.15) is 11.5 Å². The highest BCUT2D eigenvalue weighted by molar-refractivity contribution is 6.13. The van der Waals surface area contributed by atoms with Crippen molar-refractivity contribution in [2.45, 2.75) is 6.54 Å². The van der Waals surface area contributed by atoms with Crippen LogP contribution in [0, 0.1) is 10.1 Å². The predicted molar refractivity (Wildman–Crippen MR) is 138 cm³/mol. The number of imide groups is 1. The molecule has 2 heterocycles. The molecular weight excluding hydrogens is 526 g/mol. The summed E-state index contributed by atoms with van der Waals surface area (Å²) in [6, 6.07) is 12.3. The first-order chi connectivity index (χ1) is 19.2. The summed E-state index contributed by atoms with van der Waals surface area (Å²) in [4.78, 5) is 60.2. The minimum absolute atomic E-state index is 0.0115. The number of non-ortho nitro benzene ring substituents is 1. The van der Waals surface area contributed by atoms with E-state index < -0.39 is 28.8 Å². The van der Waals surface area contributed by atoms with E-state index >= 15 is 0 Å². The molecular formula is C27H21N3O10. The maximum atomic E-state index is 12.8. The van der Waals surface area contributed by atoms with Gasteiger partial charge in [-0.15, -0.1) is 0 Å². The number of nitrogens with zero attached hydrogens (tertiary/aromatic N) is 2. The highest BCUT2D eigenvalue weighted by atomic mass is 16.6. The maximum Gasteiger partial charge on any atom is 0.373 e. The molecule has 40 heavy (non-hydrogen) atoms. The standard InChI is InChI=1S/C27H21N3O10/c1-37-23-14-17(5-10-21(23)40-24(31)12-6-16-3-7-18(8-4-16)30(35)36)13-20-25(32)29(27(34)28-20)15-19-9-11-22(39-19)26(33)38-2/h3-14H,15H2,1-2H3,(H,28,34)/b12-6+,20-13-. The molecule has 0 radical (unpaired) electrons. The molecule has 0 bridgehead atoms. The highest BCUT2D eigenvalue weighted by Crippen LogP contribution is 2.30. The van der Waals surface area contributed by atoms with E-state index in [1.807, 2.05) is 0 Å². The molecule has 1 aliphatic heterocycles. The fraction of sp³-hybridized carbons (Fsp3) is 0.111. The number of hydrogen-bond donors (Lipinski definition) is 1. The quantitative estimate of drug-likeness (QED) is 0.104. The van der Waals surface area contributed by atoms with E-state index in [0.717, 1.165) is 11.0 Å². The Hall–Kier alpha value is -5.72. The molecule has 0 atom stereocenters. The minimum atomic E-state index is -0.718. The van der Waals surface area contributed by atoms with Crippen LogP contribution in [0.15, 0.2) is 70.8 Å². The summed E-state index contributed by atoms with van der Waals surface area (Å²) >= 11 is 0. The van der Waals surface area contributed by atoms with Gasteiger partial charge < -0.3 is 23.9 Å². The van der Waals surface area contributed by atoms with Gasteiger partial charge in [0.2, 0.25) is 5.76 Å². The maximum absolute atomic E-state index is 12.8. The van der Waals surface area contributed by atoms with Crippen LogP contribution in [0.5, 0.6) is 11.5 Å². The number of carbonyl (C=O) groups excluding carboxylic acids is 4. The molecule has 1 aliphatic rings. The number of nitro groups is 1. The van der Waals surface area contributed by atoms with E-state index in [1.54, 1.807) is 6.07 Å². The van der Waals surface area contributed by atoms with Crippen molar-refractivity contribution in [3.8, 4) is 11.5 Å². The van der Waals surface area contributed by atoms with Crippen LogP contribution < -0.4 is 14.8 Å². The van der Waals surface area contributed by atoms with Gasteiger partial charge in [0, 0.05) is 18.2 Å². The first-order valence-corrected chi connectivity index (χ1v) is 11.5. The lowest BCUT2D eigenvalue weighted by Gasteiger charge is -2.10. The number of amides is 3. The zero-order chi connectivity index (χ0) is 28.8. The number of benzene rings is 2. The molecule has 1 fully saturated rings. The first kappa shape index (κ1) is 27.3. The smallest absolute Gasteiger partial charge is 0.373 e. The van der Waals surface area contributed by atoms with Crippen LogP contribution in [-0.2, 0) is 20.9 Å². The number of urea groups is 1. The van der Waals surface area contributed by atoms with Crippen molar-refractivity contribution in [2.24, 2.45) is 0 Å². The van der Waals surface area contributed by atoms with Crippen molar-refractivity contribution in [1.29, 1.82) is 0 Å². The van der Waals surface area contributed by atoms with Gasteiger partial charge in [0.15, 0.2) is 11.5 Å². The summed E-state index contributed by atoms with van der Waals surface area (Å²) in [6.45, 7) is -0.204. The van der Waals surface area contributed by atoms with Crippen LogP contribution in [0.25, 0.3) is 12.2 Å². The summed E-state index contributed by atoms with van der Waals surface area (Å²) < 4.78 is 20.5. The van der Waals surface area contributed by atoms with Crippen molar-refractivity contribution < 1.29 is 42.7 Å². The van der Waals surface area contributed by atoms with E-state index in [4.69, 9.17) is 13.9 Å². The summed E-state index contributed by atoms with van der Waals surface area (Å²) in [5.41, 5.74) is 0.944. The molecule has 1 saturated heterocycles. The van der Waals surface area contributed by atoms with E-state index in [1.165, 1.54) is 74.9 Å². The molecule has 13 nitrogen and oxygen atoms in total. The number of rotatable bonds is 9. The summed E-state index contributed by atoms with van der Waals surface area (Å²) in [6.07, 6.45) is 4.02. The summed E-state index contributed by atoms with van der Waals surface area (Å²) in [7, 11) is 2.57. The lowest BCUT2D eigenvalue weighted by atomic mass is 10.1. The normalized spacial score (nSPS) is 13.9. The molecule has 0 saturated carbocycles. The van der Waals surface area contributed by atoms with E-state index in [-0.39, 0.29) is 40.9 Å². The van der Waals surface area contributed by atoms with Gasteiger partial charge in [0.05, 0.1) is 25.7 Å². The number of methoxy groups -OCH3 is 2. The largest absolute Gasteiger partial charge is 0.493 e. The third-order valence-electron chi connectivity index (χ3n) is 5.55. The summed E-state index contributed by atoms with van der Waals surface area (Å²) in [5, 5.41) is 13.2. The number of hydrogen-bond acceptors (Lipinski definition) is 10. The Labute approximate surface area is 226 Å². The second-order valence-electron chi connectivity index (χ2n) is 8.15. The Morgan fingerprint density at radius 2 is 1.75 bits per heavy atom. The number of nitrogens with one attached hydrogen (secondary N) is 1. The van der Waals surface area contributed by atoms with Crippen LogP contribution in [0.3, 0.4) is 0 Å². The number of furan rings is 1. The lowest BCUT2D eigenvalue weighted by molar-refractivity contribution is -0.384. The summed E-state index contributed by atoms with van der Waals surface area (Å²) in [5.74, 6) is -1.59. The number of nitro benzene ring substituents is 1. The van der Waals surface area contributed by atoms with Crippen LogP contribution in [0.1, 0.15) is 27.4 Å². The fourth-order valence-electron chi connectivity index (χ4n) is 3.58. The topological polar surface area (TPSA) is 168 Å². The van der Waals surface area contributed by atoms with Gasteiger partial charge in [-0.2, -0.15) is 0 Å². The molecule has 1 N–H and O–H groups in total. The van der Waals surface area contributed by atoms with E-state index in [9.17, 15) is 29.3 Å². The molecule has 0 unspecified atom stereocenters. The van der Waals surface area contributed by atoms with Gasteiger partial charge in [-0.1, -0.05) is 6.07 Å². The molecule has 204 valence electrons. The van der Waals surface area contributed by atoms with Crippen LogP contribution in [-0.4, -0.2) is 47.9 Å². The molecule has 0 spiro atoms. The third-order valence-corrected chi connectivity index (χ3v) is 5.55. The second kappa shape index (κ2) is 11.8. The highest BCUT2D eigenvalue weighted by Gasteiger charge is 2.34. The van der Waals surface area contributed by atoms with E-state index in [0.29, 0.717) is 11.1 Å². The zero-order valence-electron chi connectivity index (χ0n) is 21.1. The van der Waals surface area contributed by atoms with Crippen LogP contribution >= 0.6 is 0 Å². The lowest BCUT2D eigenvalue weighted by Crippen LogP contribution is -2.30. The molecule has 4 rings (SSSR count). The third kappa shape index (κ3) is 6.22. The molecule has 2 aromatic carbocycles. The van der Waals surface area contributed by atoms with Crippen molar-refractivity contribution in [3.05, 3.63) is 99.1 Å². The van der Waals surface area contributed by atoms with Crippen LogP contribution in [0.4, 0.5) is 10.5 Å². The van der Waals surface area contributed by atoms with E-state index in [2.05, 4.69) is 10.1 Å². The minimum Gasteiger partial charge on any atom is -0.493 e. The van der Waals surface area contributed by atoms with Gasteiger partial charge in [-0.3, -0.25) is 19.8 Å². The predicted octanol–water partition coefficient (Wildman–Crippen LogP) is 3.69. The fourth-order valence-corrected chi connectivity index (χ4v) is 3.58. The average molecular weight is 547 g/mol. The Morgan fingerprint density at radius 1 is 1.02 bits per heavy atom. The van der Waals surface area contributed by atoms with Crippen molar-refractivity contribution in [1.82, 2.24) is 10.2 Å². The van der Waals surface area contributed by atoms with Crippen molar-refractivity contribution >= 4 is 41.7 Å². The van der Waals surface area contributed by atoms with Gasteiger partial charge in [-0.25, -0.2) is 14.4 Å². The number of carbonyl (C=O) groups is 4. The van der Waals surface area contributed by atoms with Gasteiger partial charge >= 0.3 is 18.0 Å². The van der Waals surface area contributed by atoms with Crippen LogP contribution in [0.2, 0.25) is 0 Å². The van der Waals surface area contributed by atoms with Gasteiger partial charge in [0.25, 0.3) is 11.6 Å². The van der Waals surface area contributed by atoms with Crippen molar-refractivity contribution in [2.75, 3.05) is 14.2 Å². The molecule has 13 heteroatoms. The van der Waals surface area contributed by atoms with Crippen molar-refractivity contribution in [3.63, 3.8) is 0 Å². The molecule has 0 aliphatic carbocycles. The Morgan fingerprint density at radius 3 is 2.42 bits per heavy atom. The number of esters is 2. The SMILES string of the molecule is COC(=O)c1ccc(CN2C(=O)N/C(=C\c3ccc(OC(=O)/C=C/c4ccc([N+](=O)[O-])cc4)c(OC)c3)C2=O)o1. The Balaban J connectivity index is 1.43. The van der Waals surface area contributed by atoms with Gasteiger partial charge in [-0.05, 0) is 59.7 Å². The monoisotopic (exact) mass is 547 g/mol. The zero-order valence-corrected chi connectivity index (χ0v) is 21.1. The average Bonchev–Trinajstić information content (AvgIpc) is 3.52.